The van der Waals surface area contributed by atoms with Crippen LogP contribution >= 0.6 is 0 Å². The predicted molar refractivity (Wildman–Crippen MR) is 31.6 cm³/mol. The summed E-state index contributed by atoms with van der Waals surface area (Å²) in [5.41, 5.74) is 0. The maximum atomic E-state index is 6.56. The average molecular weight is 98.1 g/mol. The van der Waals surface area contributed by atoms with Crippen molar-refractivity contribution in [3.05, 3.63) is 12.3 Å². The molecular weight excluding hydrogens is 88.1 g/mol. The highest BCUT2D eigenvalue weighted by atomic mass is 14.8. The van der Waals surface area contributed by atoms with Gasteiger partial charge < -0.3 is 10.7 Å². The molecule has 0 amide bonds. The van der Waals surface area contributed by atoms with Crippen molar-refractivity contribution in [1.29, 1.82) is 5.41 Å². The SMILES string of the molecule is C/C=C\NCC=N. The molecule has 0 aromatic carbocycles. The Balaban J connectivity index is 2.82. The van der Waals surface area contributed by atoms with Gasteiger partial charge >= 0.3 is 0 Å². The lowest BCUT2D eigenvalue weighted by molar-refractivity contribution is 1.02. The fraction of sp³-hybridized carbons (Fsp3) is 0.400. The molecule has 0 radical (unpaired) electrons. The van der Waals surface area contributed by atoms with Crippen LogP contribution in [0.25, 0.3) is 0 Å². The van der Waals surface area contributed by atoms with Crippen LogP contribution in [-0.2, 0) is 0 Å². The van der Waals surface area contributed by atoms with Crippen molar-refractivity contribution in [3.63, 3.8) is 0 Å². The molecule has 0 rings (SSSR count). The zero-order chi connectivity index (χ0) is 5.54. The van der Waals surface area contributed by atoms with Gasteiger partial charge in [-0.05, 0) is 13.1 Å². The van der Waals surface area contributed by atoms with Gasteiger partial charge in [0.25, 0.3) is 0 Å². The molecule has 0 saturated carbocycles. The summed E-state index contributed by atoms with van der Waals surface area (Å²) in [4.78, 5) is 0. The zero-order valence-corrected chi connectivity index (χ0v) is 4.44. The van der Waals surface area contributed by atoms with Crippen molar-refractivity contribution in [3.8, 4) is 0 Å². The van der Waals surface area contributed by atoms with Gasteiger partial charge in [0.2, 0.25) is 0 Å². The monoisotopic (exact) mass is 98.1 g/mol. The lowest BCUT2D eigenvalue weighted by Crippen LogP contribution is -2.06. The summed E-state index contributed by atoms with van der Waals surface area (Å²) in [7, 11) is 0. The van der Waals surface area contributed by atoms with Crippen LogP contribution in [0.15, 0.2) is 12.3 Å². The number of nitrogens with one attached hydrogen (secondary N) is 2. The van der Waals surface area contributed by atoms with Gasteiger partial charge in [-0.2, -0.15) is 0 Å². The topological polar surface area (TPSA) is 35.9 Å². The molecule has 0 heterocycles. The molecule has 2 nitrogen and oxygen atoms in total. The van der Waals surface area contributed by atoms with E-state index in [2.05, 4.69) is 5.32 Å². The van der Waals surface area contributed by atoms with E-state index in [1.807, 2.05) is 19.2 Å². The second-order valence-corrected chi connectivity index (χ2v) is 1.11. The molecule has 0 unspecified atom stereocenters. The average Bonchev–Trinajstić information content (AvgIpc) is 1.69. The van der Waals surface area contributed by atoms with E-state index in [1.165, 1.54) is 6.21 Å². The number of hydrogen-bond donors (Lipinski definition) is 2. The van der Waals surface area contributed by atoms with Gasteiger partial charge in [-0.3, -0.25) is 0 Å². The van der Waals surface area contributed by atoms with E-state index in [4.69, 9.17) is 5.41 Å². The Morgan fingerprint density at radius 1 is 1.71 bits per heavy atom. The minimum Gasteiger partial charge on any atom is -0.386 e. The van der Waals surface area contributed by atoms with E-state index >= 15 is 0 Å². The van der Waals surface area contributed by atoms with Crippen molar-refractivity contribution >= 4 is 6.21 Å². The molecule has 7 heavy (non-hydrogen) atoms. The number of hydrogen-bond acceptors (Lipinski definition) is 2. The van der Waals surface area contributed by atoms with Crippen LogP contribution in [0.5, 0.6) is 0 Å². The maximum absolute atomic E-state index is 6.56. The van der Waals surface area contributed by atoms with E-state index < -0.39 is 0 Å². The lowest BCUT2D eigenvalue weighted by Gasteiger charge is -1.86. The molecule has 0 aromatic heterocycles. The van der Waals surface area contributed by atoms with E-state index in [0.29, 0.717) is 6.54 Å². The van der Waals surface area contributed by atoms with E-state index in [9.17, 15) is 0 Å². The van der Waals surface area contributed by atoms with Crippen molar-refractivity contribution in [1.82, 2.24) is 5.32 Å². The van der Waals surface area contributed by atoms with Gasteiger partial charge in [-0.1, -0.05) is 6.08 Å². The summed E-state index contributed by atoms with van der Waals surface area (Å²) in [6, 6.07) is 0. The Bertz CT molecular complexity index is 66.5. The third-order valence-corrected chi connectivity index (χ3v) is 0.504. The predicted octanol–water partition coefficient (Wildman–Crippen LogP) is 0.759. The lowest BCUT2D eigenvalue weighted by atomic mass is 10.6. The van der Waals surface area contributed by atoms with Crippen molar-refractivity contribution in [2.75, 3.05) is 6.54 Å². The number of allylic oxidation sites excluding steroid dienone is 1. The molecule has 0 aliphatic carbocycles. The van der Waals surface area contributed by atoms with Crippen LogP contribution in [0.4, 0.5) is 0 Å². The molecule has 0 aliphatic rings. The van der Waals surface area contributed by atoms with Crippen molar-refractivity contribution in [2.45, 2.75) is 6.92 Å². The molecular formula is C5H10N2. The van der Waals surface area contributed by atoms with Crippen LogP contribution in [0.1, 0.15) is 6.92 Å². The first-order valence-electron chi connectivity index (χ1n) is 2.25. The molecule has 40 valence electrons. The molecule has 2 heteroatoms. The summed E-state index contributed by atoms with van der Waals surface area (Å²) in [5, 5.41) is 9.42. The van der Waals surface area contributed by atoms with Gasteiger partial charge in [-0.15, -0.1) is 0 Å². The second kappa shape index (κ2) is 5.21. The highest BCUT2D eigenvalue weighted by Crippen LogP contribution is 1.58. The Labute approximate surface area is 43.7 Å². The standard InChI is InChI=1S/C5H10N2/c1-2-4-7-5-3-6/h2-4,6-7H,5H2,1H3/b4-2-,6-3?. The Morgan fingerprint density at radius 2 is 2.43 bits per heavy atom. The molecule has 0 spiro atoms. The second-order valence-electron chi connectivity index (χ2n) is 1.11. The van der Waals surface area contributed by atoms with Crippen molar-refractivity contribution < 1.29 is 0 Å². The minimum atomic E-state index is 0.629. The Kier molecular flexibility index (Phi) is 4.62. The fourth-order valence-corrected chi connectivity index (χ4v) is 0.245. The normalized spacial score (nSPS) is 9.29. The largest absolute Gasteiger partial charge is 0.386 e. The summed E-state index contributed by atoms with van der Waals surface area (Å²) in [6.45, 7) is 2.56. The first-order valence-corrected chi connectivity index (χ1v) is 2.25. The zero-order valence-electron chi connectivity index (χ0n) is 4.44. The van der Waals surface area contributed by atoms with Crippen LogP contribution in [0.2, 0.25) is 0 Å². The van der Waals surface area contributed by atoms with Crippen LogP contribution in [-0.4, -0.2) is 12.8 Å². The van der Waals surface area contributed by atoms with Gasteiger partial charge in [0.05, 0.1) is 0 Å². The van der Waals surface area contributed by atoms with Crippen LogP contribution < -0.4 is 5.32 Å². The maximum Gasteiger partial charge on any atom is 0.0491 e. The van der Waals surface area contributed by atoms with E-state index in [1.54, 1.807) is 0 Å². The molecule has 0 atom stereocenters. The van der Waals surface area contributed by atoms with Crippen molar-refractivity contribution in [2.24, 2.45) is 0 Å². The minimum absolute atomic E-state index is 0.629. The van der Waals surface area contributed by atoms with Gasteiger partial charge in [0.1, 0.15) is 0 Å². The third-order valence-electron chi connectivity index (χ3n) is 0.504. The van der Waals surface area contributed by atoms with Gasteiger partial charge in [0, 0.05) is 12.8 Å². The molecule has 0 saturated heterocycles. The Hall–Kier alpha value is -0.790. The van der Waals surface area contributed by atoms with E-state index in [0.717, 1.165) is 0 Å². The number of rotatable bonds is 3. The van der Waals surface area contributed by atoms with Gasteiger partial charge in [-0.25, -0.2) is 0 Å². The quantitative estimate of drug-likeness (QED) is 0.396. The Morgan fingerprint density at radius 3 is 2.86 bits per heavy atom. The van der Waals surface area contributed by atoms with Crippen LogP contribution in [0, 0.1) is 5.41 Å². The van der Waals surface area contributed by atoms with Gasteiger partial charge in [0.15, 0.2) is 0 Å². The summed E-state index contributed by atoms with van der Waals surface area (Å²) in [6.07, 6.45) is 5.02. The first kappa shape index (κ1) is 6.21. The third kappa shape index (κ3) is 5.21. The molecule has 0 bridgehead atoms. The first-order chi connectivity index (χ1) is 3.41. The molecule has 0 aliphatic heterocycles. The highest BCUT2D eigenvalue weighted by molar-refractivity contribution is 5.55. The summed E-state index contributed by atoms with van der Waals surface area (Å²) < 4.78 is 0. The smallest absolute Gasteiger partial charge is 0.0491 e. The fourth-order valence-electron chi connectivity index (χ4n) is 0.245. The molecule has 2 N–H and O–H groups in total. The molecule has 0 aromatic rings. The van der Waals surface area contributed by atoms with Crippen LogP contribution in [0.3, 0.4) is 0 Å². The molecule has 0 fully saturated rings. The summed E-state index contributed by atoms with van der Waals surface area (Å²) >= 11 is 0. The summed E-state index contributed by atoms with van der Waals surface area (Å²) in [5.74, 6) is 0. The highest BCUT2D eigenvalue weighted by Gasteiger charge is 1.64. The van der Waals surface area contributed by atoms with E-state index in [-0.39, 0.29) is 0 Å².